The van der Waals surface area contributed by atoms with Crippen molar-refractivity contribution in [3.05, 3.63) is 89.5 Å². The highest BCUT2D eigenvalue weighted by atomic mass is 16.7. The van der Waals surface area contributed by atoms with Gasteiger partial charge in [0.1, 0.15) is 5.75 Å². The lowest BCUT2D eigenvalue weighted by Crippen LogP contribution is -2.34. The summed E-state index contributed by atoms with van der Waals surface area (Å²) in [5, 5.41) is 0. The highest BCUT2D eigenvalue weighted by Gasteiger charge is 2.31. The lowest BCUT2D eigenvalue weighted by Gasteiger charge is -2.35. The summed E-state index contributed by atoms with van der Waals surface area (Å²) in [6.07, 6.45) is 18.4. The lowest BCUT2D eigenvalue weighted by atomic mass is 9.94. The maximum absolute atomic E-state index is 13.9. The minimum absolute atomic E-state index is 0.0770. The number of rotatable bonds is 20. The summed E-state index contributed by atoms with van der Waals surface area (Å²) in [6, 6.07) is 23.3. The molecule has 2 aliphatic heterocycles. The van der Waals surface area contributed by atoms with E-state index in [1.807, 2.05) is 72.8 Å². The zero-order valence-corrected chi connectivity index (χ0v) is 32.4. The van der Waals surface area contributed by atoms with Crippen molar-refractivity contribution in [2.45, 2.75) is 149 Å². The van der Waals surface area contributed by atoms with Gasteiger partial charge in [0.05, 0.1) is 31.0 Å². The van der Waals surface area contributed by atoms with E-state index in [2.05, 4.69) is 27.7 Å². The second-order valence-corrected chi connectivity index (χ2v) is 15.1. The van der Waals surface area contributed by atoms with Crippen molar-refractivity contribution in [2.75, 3.05) is 13.2 Å². The first-order valence-corrected chi connectivity index (χ1v) is 20.5. The van der Waals surface area contributed by atoms with Crippen LogP contribution in [0.2, 0.25) is 0 Å². The largest absolute Gasteiger partial charge is 0.423 e. The number of unbranched alkanes of at least 4 members (excludes halogenated alkanes) is 11. The summed E-state index contributed by atoms with van der Waals surface area (Å²) >= 11 is 0. The smallest absolute Gasteiger partial charge is 0.344 e. The van der Waals surface area contributed by atoms with E-state index >= 15 is 0 Å². The normalized spacial score (nSPS) is 23.4. The SMILES string of the molecule is CCCCCCCCCC1COC(c2ccc(OC(=O)c3cc(C4OCC(CCCCCCCC)C(C)O4)ccc3-c3ccccc3)cc2)OC1C. The van der Waals surface area contributed by atoms with Crippen LogP contribution in [0, 0.1) is 11.8 Å². The number of esters is 1. The Kier molecular flexibility index (Phi) is 16.7. The number of benzene rings is 3. The van der Waals surface area contributed by atoms with Crippen LogP contribution in [0.5, 0.6) is 5.75 Å². The topological polar surface area (TPSA) is 63.2 Å². The molecule has 6 nitrogen and oxygen atoms in total. The third-order valence-electron chi connectivity index (χ3n) is 11.0. The summed E-state index contributed by atoms with van der Waals surface area (Å²) < 4.78 is 31.2. The van der Waals surface area contributed by atoms with Gasteiger partial charge in [-0.25, -0.2) is 4.79 Å². The molecule has 6 atom stereocenters. The van der Waals surface area contributed by atoms with Gasteiger partial charge in [0, 0.05) is 23.0 Å². The molecule has 0 saturated carbocycles. The molecule has 2 fully saturated rings. The summed E-state index contributed by atoms with van der Waals surface area (Å²) in [4.78, 5) is 13.9. The number of carbonyl (C=O) groups excluding carboxylic acids is 1. The Morgan fingerprint density at radius 2 is 1.12 bits per heavy atom. The minimum atomic E-state index is -0.528. The second kappa shape index (κ2) is 21.6. The van der Waals surface area contributed by atoms with E-state index in [-0.39, 0.29) is 12.2 Å². The Balaban J connectivity index is 1.17. The average molecular weight is 713 g/mol. The molecule has 0 bridgehead atoms. The summed E-state index contributed by atoms with van der Waals surface area (Å²) in [5.74, 6) is 0.837. The Morgan fingerprint density at radius 1 is 0.615 bits per heavy atom. The van der Waals surface area contributed by atoms with Crippen LogP contribution in [0.1, 0.15) is 158 Å². The van der Waals surface area contributed by atoms with E-state index in [9.17, 15) is 4.79 Å². The fraction of sp³-hybridized carbons (Fsp3) is 0.587. The fourth-order valence-electron chi connectivity index (χ4n) is 7.52. The van der Waals surface area contributed by atoms with Gasteiger partial charge in [-0.3, -0.25) is 0 Å². The van der Waals surface area contributed by atoms with E-state index in [0.29, 0.717) is 36.4 Å². The van der Waals surface area contributed by atoms with E-state index in [0.717, 1.165) is 35.1 Å². The third kappa shape index (κ3) is 12.0. The van der Waals surface area contributed by atoms with Gasteiger partial charge in [-0.1, -0.05) is 152 Å². The molecule has 2 saturated heterocycles. The quantitative estimate of drug-likeness (QED) is 0.0660. The van der Waals surface area contributed by atoms with Crippen molar-refractivity contribution >= 4 is 5.97 Å². The number of ether oxygens (including phenoxy) is 5. The minimum Gasteiger partial charge on any atom is -0.423 e. The van der Waals surface area contributed by atoms with Crippen molar-refractivity contribution in [3.8, 4) is 16.9 Å². The van der Waals surface area contributed by atoms with Crippen LogP contribution in [0.25, 0.3) is 11.1 Å². The molecule has 6 heteroatoms. The molecule has 52 heavy (non-hydrogen) atoms. The van der Waals surface area contributed by atoms with Gasteiger partial charge in [0.25, 0.3) is 0 Å². The van der Waals surface area contributed by atoms with Gasteiger partial charge in [0.15, 0.2) is 12.6 Å². The molecule has 5 rings (SSSR count). The van der Waals surface area contributed by atoms with Crippen LogP contribution in [0.4, 0.5) is 0 Å². The first-order valence-electron chi connectivity index (χ1n) is 20.5. The molecule has 3 aromatic rings. The zero-order valence-electron chi connectivity index (χ0n) is 32.4. The first-order chi connectivity index (χ1) is 25.5. The van der Waals surface area contributed by atoms with Crippen molar-refractivity contribution in [1.82, 2.24) is 0 Å². The molecule has 2 heterocycles. The standard InChI is InChI=1S/C46H64O6/c1-5-7-9-11-13-15-18-24-39-32-48-45(50-34(39)3)37-25-28-41(29-26-37)52-44(47)43-31-38(27-30-42(43)36-21-19-16-20-22-36)46-49-33-40(35(4)51-46)23-17-14-12-10-8-6-2/h16,19-22,25-31,34-35,39-40,45-46H,5-15,17-18,23-24,32-33H2,1-4H3. The molecule has 0 amide bonds. The van der Waals surface area contributed by atoms with Gasteiger partial charge in [-0.2, -0.15) is 0 Å². The van der Waals surface area contributed by atoms with Crippen molar-refractivity contribution in [2.24, 2.45) is 11.8 Å². The number of hydrogen-bond donors (Lipinski definition) is 0. The first kappa shape index (κ1) is 40.2. The monoisotopic (exact) mass is 712 g/mol. The molecular weight excluding hydrogens is 649 g/mol. The maximum Gasteiger partial charge on any atom is 0.344 e. The second-order valence-electron chi connectivity index (χ2n) is 15.1. The Hall–Kier alpha value is -3.03. The molecule has 0 aromatic heterocycles. The highest BCUT2D eigenvalue weighted by Crippen LogP contribution is 2.36. The van der Waals surface area contributed by atoms with Gasteiger partial charge in [-0.15, -0.1) is 0 Å². The Labute approximate surface area is 313 Å². The van der Waals surface area contributed by atoms with Crippen LogP contribution in [0.3, 0.4) is 0 Å². The molecule has 0 N–H and O–H groups in total. The molecular formula is C46H64O6. The third-order valence-corrected chi connectivity index (χ3v) is 11.0. The molecule has 0 radical (unpaired) electrons. The van der Waals surface area contributed by atoms with Crippen LogP contribution in [-0.4, -0.2) is 31.4 Å². The summed E-state index contributed by atoms with van der Waals surface area (Å²) in [5.41, 5.74) is 3.96. The van der Waals surface area contributed by atoms with E-state index < -0.39 is 18.5 Å². The van der Waals surface area contributed by atoms with Crippen LogP contribution in [0.15, 0.2) is 72.8 Å². The Bertz CT molecular complexity index is 1460. The van der Waals surface area contributed by atoms with Crippen LogP contribution < -0.4 is 4.74 Å². The van der Waals surface area contributed by atoms with E-state index in [1.54, 1.807) is 0 Å². The lowest BCUT2D eigenvalue weighted by molar-refractivity contribution is -0.237. The molecule has 0 aliphatic carbocycles. The fourth-order valence-corrected chi connectivity index (χ4v) is 7.52. The highest BCUT2D eigenvalue weighted by molar-refractivity contribution is 5.98. The van der Waals surface area contributed by atoms with Gasteiger partial charge in [0.2, 0.25) is 0 Å². The van der Waals surface area contributed by atoms with Crippen molar-refractivity contribution in [3.63, 3.8) is 0 Å². The molecule has 2 aliphatic rings. The van der Waals surface area contributed by atoms with Crippen molar-refractivity contribution in [1.29, 1.82) is 0 Å². The number of hydrogen-bond acceptors (Lipinski definition) is 6. The predicted octanol–water partition coefficient (Wildman–Crippen LogP) is 12.6. The Morgan fingerprint density at radius 3 is 1.65 bits per heavy atom. The summed E-state index contributed by atoms with van der Waals surface area (Å²) in [6.45, 7) is 10.2. The van der Waals surface area contributed by atoms with Gasteiger partial charge in [-0.05, 0) is 56.0 Å². The molecule has 6 unspecified atom stereocenters. The molecule has 284 valence electrons. The molecule has 0 spiro atoms. The number of carbonyl (C=O) groups is 1. The predicted molar refractivity (Wildman–Crippen MR) is 209 cm³/mol. The zero-order chi connectivity index (χ0) is 36.5. The van der Waals surface area contributed by atoms with Crippen LogP contribution in [-0.2, 0) is 18.9 Å². The van der Waals surface area contributed by atoms with E-state index in [4.69, 9.17) is 23.7 Å². The van der Waals surface area contributed by atoms with Crippen molar-refractivity contribution < 1.29 is 28.5 Å². The van der Waals surface area contributed by atoms with Crippen LogP contribution >= 0.6 is 0 Å². The average Bonchev–Trinajstić information content (AvgIpc) is 3.17. The van der Waals surface area contributed by atoms with E-state index in [1.165, 1.54) is 83.5 Å². The van der Waals surface area contributed by atoms with Gasteiger partial charge >= 0.3 is 5.97 Å². The maximum atomic E-state index is 13.9. The molecule has 3 aromatic carbocycles. The van der Waals surface area contributed by atoms with Gasteiger partial charge < -0.3 is 23.7 Å². The summed E-state index contributed by atoms with van der Waals surface area (Å²) in [7, 11) is 0.